The maximum atomic E-state index is 13.8. The predicted molar refractivity (Wildman–Crippen MR) is 134 cm³/mol. The Morgan fingerprint density at radius 3 is 2.47 bits per heavy atom. The maximum absolute atomic E-state index is 13.8. The molecule has 202 valence electrons. The Morgan fingerprint density at radius 1 is 1.24 bits per heavy atom. The number of carbonyl (C=O) groups is 3. The number of fused-ring (bicyclic) bond motifs is 3. The van der Waals surface area contributed by atoms with Gasteiger partial charge in [0.25, 0.3) is 5.91 Å². The Bertz CT molecular complexity index is 1510. The minimum Gasteiger partial charge on any atom is -0.508 e. The number of phenolic OH excluding ortho intramolecular Hbond substituents is 1. The monoisotopic (exact) mass is 545 g/mol. The number of nitrogens with zero attached hydrogens (tertiary/aromatic N) is 1. The van der Waals surface area contributed by atoms with Gasteiger partial charge in [-0.1, -0.05) is 11.8 Å². The van der Waals surface area contributed by atoms with Crippen molar-refractivity contribution in [1.82, 2.24) is 9.62 Å². The number of sulfonamides is 1. The summed E-state index contributed by atoms with van der Waals surface area (Å²) in [5.74, 6) is -1.86. The summed E-state index contributed by atoms with van der Waals surface area (Å²) in [5, 5.41) is 44.1. The van der Waals surface area contributed by atoms with Gasteiger partial charge in [0.2, 0.25) is 15.8 Å². The number of rotatable bonds is 4. The number of nitrogens with one attached hydrogen (secondary N) is 1. The lowest BCUT2D eigenvalue weighted by molar-refractivity contribution is -0.153. The van der Waals surface area contributed by atoms with E-state index in [1.807, 2.05) is 0 Å². The molecule has 0 heterocycles. The maximum Gasteiger partial charge on any atom is 0.255 e. The van der Waals surface area contributed by atoms with E-state index in [9.17, 15) is 43.2 Å². The number of aliphatic hydroxyl groups excluding tert-OH is 2. The highest BCUT2D eigenvalue weighted by atomic mass is 32.2. The van der Waals surface area contributed by atoms with Gasteiger partial charge < -0.3 is 26.2 Å². The normalized spacial score (nSPS) is 26.9. The smallest absolute Gasteiger partial charge is 0.255 e. The first-order valence-electron chi connectivity index (χ1n) is 11.5. The fraction of sp³-hybridized carbons (Fsp3) is 0.400. The molecular weight excluding hydrogens is 518 g/mol. The minimum absolute atomic E-state index is 0.0517. The number of benzene rings is 1. The number of carbonyl (C=O) groups excluding carboxylic acids is 3. The first-order chi connectivity index (χ1) is 17.6. The first-order valence-corrected chi connectivity index (χ1v) is 13.4. The molecule has 7 N–H and O–H groups in total. The molecule has 4 atom stereocenters. The number of nitrogens with two attached hydrogens (primary N) is 1. The molecule has 1 saturated carbocycles. The van der Waals surface area contributed by atoms with Gasteiger partial charge in [0.05, 0.1) is 24.4 Å². The molecule has 1 amide bonds. The lowest BCUT2D eigenvalue weighted by Gasteiger charge is -2.50. The lowest BCUT2D eigenvalue weighted by Crippen LogP contribution is -2.65. The summed E-state index contributed by atoms with van der Waals surface area (Å²) >= 11 is 0. The van der Waals surface area contributed by atoms with Crippen LogP contribution in [0.1, 0.15) is 23.1 Å². The highest BCUT2D eigenvalue weighted by Crippen LogP contribution is 2.52. The van der Waals surface area contributed by atoms with Gasteiger partial charge in [0.15, 0.2) is 11.4 Å². The minimum atomic E-state index is -3.47. The Balaban J connectivity index is 1.88. The third-order valence-corrected chi connectivity index (χ3v) is 7.92. The Morgan fingerprint density at radius 2 is 1.89 bits per heavy atom. The van der Waals surface area contributed by atoms with Crippen LogP contribution in [0, 0.1) is 23.7 Å². The molecule has 12 nitrogen and oxygen atoms in total. The second kappa shape index (κ2) is 9.25. The second-order valence-corrected chi connectivity index (χ2v) is 11.7. The van der Waals surface area contributed by atoms with Crippen LogP contribution in [-0.4, -0.2) is 89.8 Å². The largest absolute Gasteiger partial charge is 0.508 e. The molecule has 13 heteroatoms. The van der Waals surface area contributed by atoms with Crippen LogP contribution in [0.25, 0.3) is 5.76 Å². The van der Waals surface area contributed by atoms with Crippen molar-refractivity contribution in [3.63, 3.8) is 0 Å². The average molecular weight is 546 g/mol. The van der Waals surface area contributed by atoms with Crippen LogP contribution in [0.4, 0.5) is 0 Å². The van der Waals surface area contributed by atoms with E-state index < -0.39 is 68.1 Å². The number of phenols is 1. The number of ketones is 2. The first kappa shape index (κ1) is 27.3. The summed E-state index contributed by atoms with van der Waals surface area (Å²) in [4.78, 5) is 40.3. The molecule has 0 aliphatic heterocycles. The van der Waals surface area contributed by atoms with Crippen LogP contribution in [0.3, 0.4) is 0 Å². The number of hydrogen-bond acceptors (Lipinski definition) is 10. The third kappa shape index (κ3) is 4.15. The topological polar surface area (TPSA) is 208 Å². The van der Waals surface area contributed by atoms with Crippen molar-refractivity contribution < 1.29 is 43.2 Å². The summed E-state index contributed by atoms with van der Waals surface area (Å²) < 4.78 is 24.8. The summed E-state index contributed by atoms with van der Waals surface area (Å²) in [6.07, 6.45) is 1.01. The summed E-state index contributed by atoms with van der Waals surface area (Å²) in [5.41, 5.74) is 2.11. The van der Waals surface area contributed by atoms with E-state index in [4.69, 9.17) is 5.73 Å². The second-order valence-electron chi connectivity index (χ2n) is 9.84. The van der Waals surface area contributed by atoms with Crippen LogP contribution in [0.2, 0.25) is 0 Å². The highest BCUT2D eigenvalue weighted by Gasteiger charge is 2.64. The lowest BCUT2D eigenvalue weighted by atomic mass is 9.57. The zero-order valence-corrected chi connectivity index (χ0v) is 21.6. The zero-order valence-electron chi connectivity index (χ0n) is 20.8. The van der Waals surface area contributed by atoms with E-state index in [0.29, 0.717) is 11.1 Å². The molecule has 0 spiro atoms. The zero-order chi connectivity index (χ0) is 28.3. The van der Waals surface area contributed by atoms with Crippen molar-refractivity contribution in [2.75, 3.05) is 26.9 Å². The van der Waals surface area contributed by atoms with Crippen molar-refractivity contribution in [2.45, 2.75) is 24.5 Å². The molecule has 4 unspecified atom stereocenters. The van der Waals surface area contributed by atoms with Gasteiger partial charge in [-0.2, -0.15) is 0 Å². The van der Waals surface area contributed by atoms with Gasteiger partial charge in [-0.05, 0) is 50.6 Å². The fourth-order valence-electron chi connectivity index (χ4n) is 5.67. The van der Waals surface area contributed by atoms with E-state index in [1.54, 1.807) is 0 Å². The van der Waals surface area contributed by atoms with Crippen molar-refractivity contribution in [2.24, 2.45) is 17.6 Å². The molecule has 3 aliphatic rings. The van der Waals surface area contributed by atoms with E-state index in [2.05, 4.69) is 16.6 Å². The number of likely N-dealkylation sites (N-methyl/N-ethyl adjacent to an activating group) is 1. The Labute approximate surface area is 218 Å². The molecule has 3 aliphatic carbocycles. The van der Waals surface area contributed by atoms with Gasteiger partial charge in [0.1, 0.15) is 22.8 Å². The third-order valence-electron chi connectivity index (χ3n) is 7.25. The number of hydrogen-bond donors (Lipinski definition) is 6. The molecule has 0 radical (unpaired) electrons. The van der Waals surface area contributed by atoms with Gasteiger partial charge in [-0.25, -0.2) is 13.1 Å². The number of amides is 1. The number of aliphatic hydroxyl groups is 3. The highest BCUT2D eigenvalue weighted by molar-refractivity contribution is 7.88. The molecule has 0 aromatic heterocycles. The summed E-state index contributed by atoms with van der Waals surface area (Å²) in [6.45, 7) is -0.182. The van der Waals surface area contributed by atoms with Crippen LogP contribution in [-0.2, 0) is 30.8 Å². The summed E-state index contributed by atoms with van der Waals surface area (Å²) in [7, 11) is -0.432. The van der Waals surface area contributed by atoms with E-state index >= 15 is 0 Å². The van der Waals surface area contributed by atoms with Gasteiger partial charge in [0, 0.05) is 17.1 Å². The molecule has 0 saturated heterocycles. The average Bonchev–Trinajstić information content (AvgIpc) is 2.79. The van der Waals surface area contributed by atoms with Crippen molar-refractivity contribution >= 4 is 33.3 Å². The molecule has 1 fully saturated rings. The van der Waals surface area contributed by atoms with Crippen LogP contribution in [0.5, 0.6) is 5.75 Å². The number of primary amides is 1. The molecule has 0 bridgehead atoms. The van der Waals surface area contributed by atoms with E-state index in [-0.39, 0.29) is 36.3 Å². The Kier molecular flexibility index (Phi) is 6.65. The molecule has 38 heavy (non-hydrogen) atoms. The molecule has 1 aromatic rings. The SMILES string of the molecule is CN(C)C1C(=O)C(C(N)=O)=C(O)C2(O)C(=O)C3=C(O)c4c(O)ccc(C#CCNS(C)(=O)=O)c4CC3CC12. The van der Waals surface area contributed by atoms with E-state index in [0.717, 1.165) is 6.26 Å². The van der Waals surface area contributed by atoms with Crippen LogP contribution < -0.4 is 10.5 Å². The van der Waals surface area contributed by atoms with Crippen molar-refractivity contribution in [3.05, 3.63) is 45.7 Å². The Hall–Kier alpha value is -3.70. The van der Waals surface area contributed by atoms with E-state index in [1.165, 1.54) is 31.1 Å². The van der Waals surface area contributed by atoms with Gasteiger partial charge in [-0.15, -0.1) is 0 Å². The van der Waals surface area contributed by atoms with Gasteiger partial charge >= 0.3 is 0 Å². The van der Waals surface area contributed by atoms with Crippen LogP contribution >= 0.6 is 0 Å². The molecule has 4 rings (SSSR count). The number of Topliss-reactive ketones (excluding diaryl/α,β-unsaturated/α-hetero) is 2. The quantitative estimate of drug-likeness (QED) is 0.198. The fourth-order valence-corrected chi connectivity index (χ4v) is 6.00. The van der Waals surface area contributed by atoms with Crippen LogP contribution in [0.15, 0.2) is 29.0 Å². The molecular formula is C25H27N3O9S. The summed E-state index contributed by atoms with van der Waals surface area (Å²) in [6, 6.07) is 1.55. The number of aromatic hydroxyl groups is 1. The van der Waals surface area contributed by atoms with Crippen molar-refractivity contribution in [1.29, 1.82) is 0 Å². The standard InChI is InChI=1S/C25H27N3O9S/c1-28(2)19-14-10-12-9-13-11(5-4-8-27-38(3,36)37)6-7-15(29)17(13)20(30)16(12)22(32)25(14,35)23(33)18(21(19)31)24(26)34/h6-7,12,14,19,27,29-30,33,35H,8-10H2,1-3H3,(H2,26,34). The van der Waals surface area contributed by atoms with Gasteiger partial charge in [-0.3, -0.25) is 19.3 Å². The van der Waals surface area contributed by atoms with Crippen molar-refractivity contribution in [3.8, 4) is 17.6 Å². The molecule has 1 aromatic carbocycles. The predicted octanol–water partition coefficient (Wildman–Crippen LogP) is -1.14.